The molecule has 0 bridgehead atoms. The van der Waals surface area contributed by atoms with E-state index in [-0.39, 0.29) is 6.04 Å². The Kier molecular flexibility index (Phi) is 5.88. The average Bonchev–Trinajstić information content (AvgIpc) is 3.05. The maximum atomic E-state index is 5.75. The van der Waals surface area contributed by atoms with Crippen LogP contribution in [0.25, 0.3) is 0 Å². The fourth-order valence-electron chi connectivity index (χ4n) is 2.21. The van der Waals surface area contributed by atoms with Crippen LogP contribution in [-0.4, -0.2) is 13.2 Å². The molecule has 1 heterocycles. The van der Waals surface area contributed by atoms with Crippen LogP contribution in [0.4, 0.5) is 0 Å². The van der Waals surface area contributed by atoms with Gasteiger partial charge in [0.05, 0.1) is 12.3 Å². The summed E-state index contributed by atoms with van der Waals surface area (Å²) in [6, 6.07) is 12.5. The minimum absolute atomic E-state index is 0.205. The van der Waals surface area contributed by atoms with Gasteiger partial charge in [-0.25, -0.2) is 0 Å². The van der Waals surface area contributed by atoms with Crippen molar-refractivity contribution in [3.05, 3.63) is 54.0 Å². The van der Waals surface area contributed by atoms with Crippen molar-refractivity contribution in [2.75, 3.05) is 13.2 Å². The largest absolute Gasteiger partial charge is 0.492 e. The first kappa shape index (κ1) is 15.6. The number of hydrogen-bond donors (Lipinski definition) is 1. The van der Waals surface area contributed by atoms with Crippen molar-refractivity contribution in [2.45, 2.75) is 39.2 Å². The lowest BCUT2D eigenvalue weighted by Crippen LogP contribution is -2.24. The molecule has 3 nitrogen and oxygen atoms in total. The molecule has 0 saturated heterocycles. The second kappa shape index (κ2) is 7.89. The molecule has 0 saturated carbocycles. The number of nitrogens with one attached hydrogen (secondary N) is 1. The Balaban J connectivity index is 1.71. The van der Waals surface area contributed by atoms with E-state index in [1.807, 2.05) is 12.1 Å². The lowest BCUT2D eigenvalue weighted by Gasteiger charge is -2.13. The van der Waals surface area contributed by atoms with Gasteiger partial charge >= 0.3 is 0 Å². The second-order valence-corrected chi connectivity index (χ2v) is 5.42. The summed E-state index contributed by atoms with van der Waals surface area (Å²) < 4.78 is 11.1. The maximum absolute atomic E-state index is 5.75. The Morgan fingerprint density at radius 3 is 2.52 bits per heavy atom. The molecular weight excluding hydrogens is 262 g/mol. The normalized spacial score (nSPS) is 13.9. The molecule has 0 aliphatic rings. The van der Waals surface area contributed by atoms with Crippen molar-refractivity contribution in [2.24, 2.45) is 0 Å². The van der Waals surface area contributed by atoms with E-state index >= 15 is 0 Å². The molecule has 21 heavy (non-hydrogen) atoms. The third-order valence-electron chi connectivity index (χ3n) is 3.85. The molecule has 0 fully saturated rings. The molecule has 2 aromatic rings. The van der Waals surface area contributed by atoms with Crippen LogP contribution >= 0.6 is 0 Å². The topological polar surface area (TPSA) is 34.4 Å². The van der Waals surface area contributed by atoms with Gasteiger partial charge in [0.2, 0.25) is 0 Å². The third kappa shape index (κ3) is 4.64. The fraction of sp³-hybridized carbons (Fsp3) is 0.444. The highest BCUT2D eigenvalue weighted by atomic mass is 16.5. The predicted octanol–water partition coefficient (Wildman–Crippen LogP) is 4.52. The van der Waals surface area contributed by atoms with E-state index in [9.17, 15) is 0 Å². The van der Waals surface area contributed by atoms with E-state index in [0.29, 0.717) is 12.5 Å². The maximum Gasteiger partial charge on any atom is 0.120 e. The summed E-state index contributed by atoms with van der Waals surface area (Å²) >= 11 is 0. The van der Waals surface area contributed by atoms with Gasteiger partial charge in [-0.05, 0) is 49.1 Å². The standard InChI is InChI=1S/C18H25NO2/c1-4-14(2)16-7-9-17(10-8-16)20-13-11-19-15(3)18-6-5-12-21-18/h5-10,12,14-15,19H,4,11,13H2,1-3H3. The molecule has 0 radical (unpaired) electrons. The quantitative estimate of drug-likeness (QED) is 0.725. The summed E-state index contributed by atoms with van der Waals surface area (Å²) in [4.78, 5) is 0. The Hall–Kier alpha value is -1.74. The molecular formula is C18H25NO2. The Morgan fingerprint density at radius 1 is 1.14 bits per heavy atom. The van der Waals surface area contributed by atoms with Crippen molar-refractivity contribution in [1.29, 1.82) is 0 Å². The van der Waals surface area contributed by atoms with E-state index in [2.05, 4.69) is 50.4 Å². The van der Waals surface area contributed by atoms with Crippen LogP contribution in [0.2, 0.25) is 0 Å². The number of rotatable bonds is 8. The highest BCUT2D eigenvalue weighted by Gasteiger charge is 2.06. The third-order valence-corrected chi connectivity index (χ3v) is 3.85. The average molecular weight is 287 g/mol. The molecule has 2 unspecified atom stereocenters. The minimum Gasteiger partial charge on any atom is -0.492 e. The molecule has 2 rings (SSSR count). The first-order chi connectivity index (χ1) is 10.2. The van der Waals surface area contributed by atoms with Gasteiger partial charge in [-0.2, -0.15) is 0 Å². The van der Waals surface area contributed by atoms with Crippen LogP contribution in [0.1, 0.15) is 50.5 Å². The van der Waals surface area contributed by atoms with Crippen molar-refractivity contribution in [1.82, 2.24) is 5.32 Å². The number of benzene rings is 1. The summed E-state index contributed by atoms with van der Waals surface area (Å²) in [7, 11) is 0. The fourth-order valence-corrected chi connectivity index (χ4v) is 2.21. The molecule has 1 aromatic carbocycles. The first-order valence-corrected chi connectivity index (χ1v) is 7.70. The van der Waals surface area contributed by atoms with Crippen molar-refractivity contribution in [3.63, 3.8) is 0 Å². The zero-order valence-corrected chi connectivity index (χ0v) is 13.1. The van der Waals surface area contributed by atoms with Gasteiger partial charge in [0.1, 0.15) is 18.1 Å². The van der Waals surface area contributed by atoms with Gasteiger partial charge in [-0.15, -0.1) is 0 Å². The van der Waals surface area contributed by atoms with Gasteiger partial charge in [0.25, 0.3) is 0 Å². The highest BCUT2D eigenvalue weighted by molar-refractivity contribution is 5.29. The van der Waals surface area contributed by atoms with Crippen LogP contribution in [0.5, 0.6) is 5.75 Å². The molecule has 2 atom stereocenters. The summed E-state index contributed by atoms with van der Waals surface area (Å²) in [5.41, 5.74) is 1.37. The monoisotopic (exact) mass is 287 g/mol. The Bertz CT molecular complexity index is 505. The summed E-state index contributed by atoms with van der Waals surface area (Å²) in [5, 5.41) is 3.38. The van der Waals surface area contributed by atoms with Crippen molar-refractivity contribution >= 4 is 0 Å². The lowest BCUT2D eigenvalue weighted by atomic mass is 9.99. The summed E-state index contributed by atoms with van der Waals surface area (Å²) in [5.74, 6) is 2.48. The SMILES string of the molecule is CCC(C)c1ccc(OCCNC(C)c2ccco2)cc1. The molecule has 1 aromatic heterocycles. The molecule has 0 aliphatic carbocycles. The van der Waals surface area contributed by atoms with Crippen molar-refractivity contribution in [3.8, 4) is 5.75 Å². The van der Waals surface area contributed by atoms with E-state index < -0.39 is 0 Å². The van der Waals surface area contributed by atoms with Crippen LogP contribution < -0.4 is 10.1 Å². The lowest BCUT2D eigenvalue weighted by molar-refractivity contribution is 0.301. The first-order valence-electron chi connectivity index (χ1n) is 7.70. The molecule has 3 heteroatoms. The second-order valence-electron chi connectivity index (χ2n) is 5.42. The molecule has 0 amide bonds. The van der Waals surface area contributed by atoms with E-state index in [4.69, 9.17) is 9.15 Å². The summed E-state index contributed by atoms with van der Waals surface area (Å²) in [6.07, 6.45) is 2.86. The molecule has 0 aliphatic heterocycles. The number of hydrogen-bond acceptors (Lipinski definition) is 3. The van der Waals surface area contributed by atoms with Crippen molar-refractivity contribution < 1.29 is 9.15 Å². The van der Waals surface area contributed by atoms with Crippen LogP contribution in [0.15, 0.2) is 47.1 Å². The zero-order valence-electron chi connectivity index (χ0n) is 13.1. The minimum atomic E-state index is 0.205. The number of ether oxygens (including phenoxy) is 1. The van der Waals surface area contributed by atoms with Gasteiger partial charge in [0.15, 0.2) is 0 Å². The van der Waals surface area contributed by atoms with E-state index in [1.165, 1.54) is 5.56 Å². The predicted molar refractivity (Wildman–Crippen MR) is 85.8 cm³/mol. The van der Waals surface area contributed by atoms with Gasteiger partial charge in [-0.3, -0.25) is 0 Å². The highest BCUT2D eigenvalue weighted by Crippen LogP contribution is 2.21. The Morgan fingerprint density at radius 2 is 1.90 bits per heavy atom. The molecule has 1 N–H and O–H groups in total. The number of furan rings is 1. The van der Waals surface area contributed by atoms with E-state index in [1.54, 1.807) is 6.26 Å². The zero-order chi connectivity index (χ0) is 15.1. The van der Waals surface area contributed by atoms with Crippen LogP contribution in [-0.2, 0) is 0 Å². The van der Waals surface area contributed by atoms with Crippen LogP contribution in [0.3, 0.4) is 0 Å². The van der Waals surface area contributed by atoms with Gasteiger partial charge in [0, 0.05) is 6.54 Å². The van der Waals surface area contributed by atoms with Crippen LogP contribution in [0, 0.1) is 0 Å². The molecule has 114 valence electrons. The van der Waals surface area contributed by atoms with Gasteiger partial charge in [-0.1, -0.05) is 26.0 Å². The van der Waals surface area contributed by atoms with E-state index in [0.717, 1.165) is 24.5 Å². The molecule has 0 spiro atoms. The summed E-state index contributed by atoms with van der Waals surface area (Å²) in [6.45, 7) is 7.97. The van der Waals surface area contributed by atoms with Gasteiger partial charge < -0.3 is 14.5 Å². The Labute approximate surface area is 127 Å². The smallest absolute Gasteiger partial charge is 0.120 e.